The Hall–Kier alpha value is -1.50. The van der Waals surface area contributed by atoms with E-state index >= 15 is 0 Å². The molecule has 0 bridgehead atoms. The minimum Gasteiger partial charge on any atom is -0.478 e. The number of carboxylic acids is 1. The number of nitrogens with one attached hydrogen (secondary N) is 2. The lowest BCUT2D eigenvalue weighted by molar-refractivity contribution is 0.0698. The maximum Gasteiger partial charge on any atom is 0.337 e. The van der Waals surface area contributed by atoms with E-state index in [4.69, 9.17) is 28.3 Å². The molecule has 0 aliphatic carbocycles. The van der Waals surface area contributed by atoms with Gasteiger partial charge >= 0.3 is 5.97 Å². The number of aromatic nitrogens is 1. The minimum absolute atomic E-state index is 0.0310. The predicted molar refractivity (Wildman–Crippen MR) is 79.9 cm³/mol. The van der Waals surface area contributed by atoms with Crippen LogP contribution in [0.15, 0.2) is 28.7 Å². The van der Waals surface area contributed by atoms with Gasteiger partial charge in [-0.05, 0) is 24.3 Å². The van der Waals surface area contributed by atoms with E-state index in [-0.39, 0.29) is 27.1 Å². The fourth-order valence-electron chi connectivity index (χ4n) is 1.52. The summed E-state index contributed by atoms with van der Waals surface area (Å²) in [6.45, 7) is 0. The Balaban J connectivity index is 2.30. The van der Waals surface area contributed by atoms with Crippen LogP contribution in [0.1, 0.15) is 20.8 Å². The third-order valence-corrected chi connectivity index (χ3v) is 3.62. The van der Waals surface area contributed by atoms with Crippen molar-refractivity contribution in [2.45, 2.75) is 0 Å². The van der Waals surface area contributed by atoms with Crippen LogP contribution in [0, 0.1) is 0 Å². The summed E-state index contributed by atoms with van der Waals surface area (Å²) >= 11 is 14.6. The van der Waals surface area contributed by atoms with Crippen LogP contribution in [0.25, 0.3) is 0 Å². The van der Waals surface area contributed by atoms with Crippen molar-refractivity contribution in [2.24, 2.45) is 0 Å². The smallest absolute Gasteiger partial charge is 0.337 e. The van der Waals surface area contributed by atoms with Gasteiger partial charge in [0.15, 0.2) is 0 Å². The molecular weight excluding hydrogens is 371 g/mol. The van der Waals surface area contributed by atoms with Crippen molar-refractivity contribution in [1.29, 1.82) is 0 Å². The van der Waals surface area contributed by atoms with Crippen molar-refractivity contribution in [1.82, 2.24) is 4.98 Å². The Morgan fingerprint density at radius 3 is 2.50 bits per heavy atom. The van der Waals surface area contributed by atoms with Gasteiger partial charge < -0.3 is 15.4 Å². The van der Waals surface area contributed by atoms with Crippen LogP contribution in [0.2, 0.25) is 10.2 Å². The molecule has 1 heterocycles. The number of H-pyrrole nitrogens is 1. The molecule has 0 fully saturated rings. The van der Waals surface area contributed by atoms with Gasteiger partial charge in [0.05, 0.1) is 16.3 Å². The molecule has 2 aromatic rings. The van der Waals surface area contributed by atoms with E-state index in [1.54, 1.807) is 6.07 Å². The number of hydrogen-bond donors (Lipinski definition) is 3. The average molecular weight is 378 g/mol. The quantitative estimate of drug-likeness (QED) is 0.754. The first-order valence-electron chi connectivity index (χ1n) is 5.26. The van der Waals surface area contributed by atoms with Crippen molar-refractivity contribution >= 4 is 56.7 Å². The van der Waals surface area contributed by atoms with Crippen LogP contribution < -0.4 is 5.32 Å². The van der Waals surface area contributed by atoms with E-state index in [2.05, 4.69) is 26.2 Å². The van der Waals surface area contributed by atoms with Crippen LogP contribution in [0.4, 0.5) is 5.69 Å². The largest absolute Gasteiger partial charge is 0.478 e. The molecule has 2 rings (SSSR count). The zero-order chi connectivity index (χ0) is 14.9. The van der Waals surface area contributed by atoms with Gasteiger partial charge in [-0.15, -0.1) is 0 Å². The first kappa shape index (κ1) is 14.9. The zero-order valence-electron chi connectivity index (χ0n) is 9.71. The molecule has 20 heavy (non-hydrogen) atoms. The van der Waals surface area contributed by atoms with Crippen LogP contribution in [-0.4, -0.2) is 22.0 Å². The third-order valence-electron chi connectivity index (χ3n) is 2.43. The van der Waals surface area contributed by atoms with Gasteiger partial charge in [0.2, 0.25) is 0 Å². The van der Waals surface area contributed by atoms with Gasteiger partial charge in [-0.2, -0.15) is 0 Å². The molecule has 5 nitrogen and oxygen atoms in total. The Kier molecular flexibility index (Phi) is 4.37. The normalized spacial score (nSPS) is 10.3. The lowest BCUT2D eigenvalue weighted by Crippen LogP contribution is -2.15. The number of benzene rings is 1. The van der Waals surface area contributed by atoms with E-state index in [9.17, 15) is 9.59 Å². The van der Waals surface area contributed by atoms with E-state index in [0.29, 0.717) is 4.47 Å². The highest BCUT2D eigenvalue weighted by atomic mass is 79.9. The van der Waals surface area contributed by atoms with Gasteiger partial charge in [0.1, 0.15) is 10.8 Å². The van der Waals surface area contributed by atoms with Crippen molar-refractivity contribution < 1.29 is 14.7 Å². The van der Waals surface area contributed by atoms with Crippen molar-refractivity contribution in [3.05, 3.63) is 50.2 Å². The number of aromatic carboxylic acids is 1. The molecule has 1 aromatic heterocycles. The van der Waals surface area contributed by atoms with Crippen molar-refractivity contribution in [3.63, 3.8) is 0 Å². The highest BCUT2D eigenvalue weighted by Gasteiger charge is 2.16. The SMILES string of the molecule is O=C(Nc1ccc(Br)cc1C(=O)O)c1cc(Cl)c(Cl)[nH]1. The second kappa shape index (κ2) is 5.87. The molecule has 0 aliphatic rings. The van der Waals surface area contributed by atoms with Crippen LogP contribution in [0.3, 0.4) is 0 Å². The zero-order valence-corrected chi connectivity index (χ0v) is 12.8. The molecule has 0 aliphatic heterocycles. The highest BCUT2D eigenvalue weighted by Crippen LogP contribution is 2.24. The average Bonchev–Trinajstić information content (AvgIpc) is 2.71. The van der Waals surface area contributed by atoms with Crippen LogP contribution in [0.5, 0.6) is 0 Å². The van der Waals surface area contributed by atoms with Gasteiger partial charge in [-0.1, -0.05) is 39.1 Å². The third kappa shape index (κ3) is 3.15. The highest BCUT2D eigenvalue weighted by molar-refractivity contribution is 9.10. The Bertz CT molecular complexity index is 681. The van der Waals surface area contributed by atoms with Gasteiger partial charge in [0, 0.05) is 4.47 Å². The van der Waals surface area contributed by atoms with E-state index < -0.39 is 11.9 Å². The van der Waals surface area contributed by atoms with Gasteiger partial charge in [-0.3, -0.25) is 4.79 Å². The first-order chi connectivity index (χ1) is 9.38. The van der Waals surface area contributed by atoms with Crippen LogP contribution in [-0.2, 0) is 0 Å². The van der Waals surface area contributed by atoms with E-state index in [1.807, 2.05) is 0 Å². The number of amides is 1. The van der Waals surface area contributed by atoms with Crippen molar-refractivity contribution in [2.75, 3.05) is 5.32 Å². The number of rotatable bonds is 3. The topological polar surface area (TPSA) is 82.2 Å². The number of carbonyl (C=O) groups excluding carboxylic acids is 1. The first-order valence-corrected chi connectivity index (χ1v) is 6.81. The molecule has 1 aromatic carbocycles. The predicted octanol–water partition coefficient (Wildman–Crippen LogP) is 4.03. The fraction of sp³-hybridized carbons (Fsp3) is 0. The van der Waals surface area contributed by atoms with E-state index in [1.165, 1.54) is 18.2 Å². The summed E-state index contributed by atoms with van der Waals surface area (Å²) in [7, 11) is 0. The summed E-state index contributed by atoms with van der Waals surface area (Å²) in [5.74, 6) is -1.69. The summed E-state index contributed by atoms with van der Waals surface area (Å²) in [4.78, 5) is 25.7. The molecule has 0 saturated carbocycles. The van der Waals surface area contributed by atoms with Gasteiger partial charge in [-0.25, -0.2) is 4.79 Å². The summed E-state index contributed by atoms with van der Waals surface area (Å²) < 4.78 is 0.596. The summed E-state index contributed by atoms with van der Waals surface area (Å²) in [6.07, 6.45) is 0. The second-order valence-electron chi connectivity index (χ2n) is 3.79. The number of hydrogen-bond acceptors (Lipinski definition) is 2. The van der Waals surface area contributed by atoms with E-state index in [0.717, 1.165) is 0 Å². The summed E-state index contributed by atoms with van der Waals surface area (Å²) in [6, 6.07) is 5.86. The Morgan fingerprint density at radius 1 is 1.25 bits per heavy atom. The Morgan fingerprint density at radius 2 is 1.95 bits per heavy atom. The molecule has 104 valence electrons. The molecule has 0 saturated heterocycles. The number of carboxylic acid groups (broad SMARTS) is 1. The molecule has 8 heteroatoms. The standard InChI is InChI=1S/C12H7BrCl2N2O3/c13-5-1-2-8(6(3-5)12(19)20)17-11(18)9-4-7(14)10(15)16-9/h1-4,16H,(H,17,18)(H,19,20). The molecule has 3 N–H and O–H groups in total. The summed E-state index contributed by atoms with van der Waals surface area (Å²) in [5, 5.41) is 11.9. The van der Waals surface area contributed by atoms with Gasteiger partial charge in [0.25, 0.3) is 5.91 Å². The fourth-order valence-corrected chi connectivity index (χ4v) is 2.19. The monoisotopic (exact) mass is 376 g/mol. The molecule has 0 atom stereocenters. The van der Waals surface area contributed by atoms with Crippen molar-refractivity contribution in [3.8, 4) is 0 Å². The number of anilines is 1. The molecule has 0 radical (unpaired) electrons. The lowest BCUT2D eigenvalue weighted by atomic mass is 10.2. The summed E-state index contributed by atoms with van der Waals surface area (Å²) in [5.41, 5.74) is 0.281. The van der Waals surface area contributed by atoms with Crippen LogP contribution >= 0.6 is 39.1 Å². The molecule has 0 unspecified atom stereocenters. The lowest BCUT2D eigenvalue weighted by Gasteiger charge is -2.08. The minimum atomic E-state index is -1.15. The number of carbonyl (C=O) groups is 2. The molecule has 0 spiro atoms. The Labute approximate surface area is 132 Å². The number of aromatic amines is 1. The molecule has 1 amide bonds. The maximum absolute atomic E-state index is 12.0. The molecular formula is C12H7BrCl2N2O3. The maximum atomic E-state index is 12.0. The number of halogens is 3. The second-order valence-corrected chi connectivity index (χ2v) is 5.49.